The van der Waals surface area contributed by atoms with Crippen molar-refractivity contribution in [1.29, 1.82) is 0 Å². The zero-order valence-electron chi connectivity index (χ0n) is 13.2. The van der Waals surface area contributed by atoms with E-state index in [2.05, 4.69) is 0 Å². The molecule has 0 atom stereocenters. The first-order valence-corrected chi connectivity index (χ1v) is 7.72. The van der Waals surface area contributed by atoms with Crippen molar-refractivity contribution in [1.82, 2.24) is 9.80 Å². The number of nitro groups is 1. The number of hydrogen-bond acceptors (Lipinski definition) is 6. The Labute approximate surface area is 138 Å². The molecule has 0 saturated carbocycles. The monoisotopic (exact) mass is 331 g/mol. The highest BCUT2D eigenvalue weighted by molar-refractivity contribution is 6.35. The van der Waals surface area contributed by atoms with Crippen molar-refractivity contribution in [3.63, 3.8) is 0 Å². The summed E-state index contributed by atoms with van der Waals surface area (Å²) in [6.45, 7) is 4.06. The van der Waals surface area contributed by atoms with E-state index in [1.807, 2.05) is 4.90 Å². The van der Waals surface area contributed by atoms with E-state index in [4.69, 9.17) is 4.74 Å². The molecule has 0 N–H and O–H groups in total. The maximum absolute atomic E-state index is 12.7. The minimum absolute atomic E-state index is 0.0589. The van der Waals surface area contributed by atoms with Gasteiger partial charge >= 0.3 is 0 Å². The van der Waals surface area contributed by atoms with Crippen molar-refractivity contribution >= 4 is 23.1 Å². The number of amides is 2. The van der Waals surface area contributed by atoms with Gasteiger partial charge in [-0.05, 0) is 24.6 Å². The first-order chi connectivity index (χ1) is 11.5. The van der Waals surface area contributed by atoms with E-state index in [1.165, 1.54) is 29.2 Å². The number of non-ortho nitro benzene ring substituents is 1. The third-order valence-corrected chi connectivity index (χ3v) is 4.15. The molecule has 1 saturated heterocycles. The van der Waals surface area contributed by atoms with Crippen LogP contribution in [0.25, 0.3) is 5.57 Å². The van der Waals surface area contributed by atoms with Crippen LogP contribution in [0.5, 0.6) is 0 Å². The van der Waals surface area contributed by atoms with Crippen molar-refractivity contribution in [2.45, 2.75) is 6.92 Å². The molecule has 126 valence electrons. The fraction of sp³-hybridized carbons (Fsp3) is 0.375. The van der Waals surface area contributed by atoms with Crippen LogP contribution in [0, 0.1) is 10.1 Å². The number of carbonyl (C=O) groups excluding carboxylic acids is 2. The van der Waals surface area contributed by atoms with E-state index in [0.717, 1.165) is 0 Å². The Balaban J connectivity index is 2.07. The molecule has 3 rings (SSSR count). The average molecular weight is 331 g/mol. The van der Waals surface area contributed by atoms with Crippen molar-refractivity contribution in [3.05, 3.63) is 45.6 Å². The van der Waals surface area contributed by atoms with Crippen LogP contribution in [0.4, 0.5) is 5.69 Å². The van der Waals surface area contributed by atoms with Crippen LogP contribution in [0.2, 0.25) is 0 Å². The third-order valence-electron chi connectivity index (χ3n) is 4.15. The van der Waals surface area contributed by atoms with Gasteiger partial charge < -0.3 is 9.64 Å². The summed E-state index contributed by atoms with van der Waals surface area (Å²) in [5.74, 6) is -0.685. The van der Waals surface area contributed by atoms with Crippen LogP contribution in [0.3, 0.4) is 0 Å². The van der Waals surface area contributed by atoms with Gasteiger partial charge in [0.15, 0.2) is 0 Å². The van der Waals surface area contributed by atoms with Gasteiger partial charge in [-0.25, -0.2) is 0 Å². The summed E-state index contributed by atoms with van der Waals surface area (Å²) in [6, 6.07) is 5.70. The molecule has 2 aliphatic rings. The van der Waals surface area contributed by atoms with Crippen molar-refractivity contribution < 1.29 is 19.2 Å². The van der Waals surface area contributed by atoms with Gasteiger partial charge in [0.2, 0.25) is 0 Å². The van der Waals surface area contributed by atoms with Gasteiger partial charge in [-0.15, -0.1) is 0 Å². The zero-order chi connectivity index (χ0) is 17.3. The zero-order valence-corrected chi connectivity index (χ0v) is 13.2. The second kappa shape index (κ2) is 6.40. The molecule has 0 spiro atoms. The lowest BCUT2D eigenvalue weighted by Gasteiger charge is -2.29. The molecule has 0 unspecified atom stereocenters. The van der Waals surface area contributed by atoms with Gasteiger partial charge in [-0.3, -0.25) is 24.6 Å². The number of imide groups is 1. The summed E-state index contributed by atoms with van der Waals surface area (Å²) < 4.78 is 5.31. The van der Waals surface area contributed by atoms with Crippen molar-refractivity contribution in [2.24, 2.45) is 0 Å². The molecule has 0 bridgehead atoms. The lowest BCUT2D eigenvalue weighted by atomic mass is 10.0. The largest absolute Gasteiger partial charge is 0.378 e. The summed E-state index contributed by atoms with van der Waals surface area (Å²) in [5.41, 5.74) is 1.12. The fourth-order valence-corrected chi connectivity index (χ4v) is 2.94. The van der Waals surface area contributed by atoms with E-state index < -0.39 is 4.92 Å². The number of carbonyl (C=O) groups is 2. The number of likely N-dealkylation sites (N-methyl/N-ethyl adjacent to an activating group) is 1. The molecule has 0 aliphatic carbocycles. The number of benzene rings is 1. The quantitative estimate of drug-likeness (QED) is 0.465. The minimum atomic E-state index is -0.499. The summed E-state index contributed by atoms with van der Waals surface area (Å²) >= 11 is 0. The second-order valence-corrected chi connectivity index (χ2v) is 5.48. The number of rotatable bonds is 4. The lowest BCUT2D eigenvalue weighted by molar-refractivity contribution is -0.384. The number of ether oxygens (including phenoxy) is 1. The van der Waals surface area contributed by atoms with Crippen molar-refractivity contribution in [2.75, 3.05) is 32.8 Å². The predicted molar refractivity (Wildman–Crippen MR) is 84.8 cm³/mol. The highest BCUT2D eigenvalue weighted by atomic mass is 16.6. The molecule has 1 aromatic rings. The number of morpholine rings is 1. The van der Waals surface area contributed by atoms with E-state index in [9.17, 15) is 19.7 Å². The van der Waals surface area contributed by atoms with Gasteiger partial charge in [0, 0.05) is 31.8 Å². The molecule has 8 nitrogen and oxygen atoms in total. The highest BCUT2D eigenvalue weighted by Gasteiger charge is 2.41. The normalized spacial score (nSPS) is 18.5. The van der Waals surface area contributed by atoms with Gasteiger partial charge in [0.1, 0.15) is 5.70 Å². The van der Waals surface area contributed by atoms with Crippen LogP contribution in [0.1, 0.15) is 12.5 Å². The Morgan fingerprint density at radius 3 is 2.29 bits per heavy atom. The van der Waals surface area contributed by atoms with Gasteiger partial charge in [-0.2, -0.15) is 0 Å². The molecule has 0 aromatic heterocycles. The SMILES string of the molecule is CCN1C(=O)C(c2ccc([N+](=O)[O-])cc2)=C(N2CCOCC2)C1=O. The van der Waals surface area contributed by atoms with E-state index in [1.54, 1.807) is 6.92 Å². The van der Waals surface area contributed by atoms with Crippen LogP contribution in [0.15, 0.2) is 30.0 Å². The van der Waals surface area contributed by atoms with E-state index in [0.29, 0.717) is 43.1 Å². The number of nitro benzene ring substituents is 1. The maximum atomic E-state index is 12.7. The smallest absolute Gasteiger partial charge is 0.277 e. The minimum Gasteiger partial charge on any atom is -0.378 e. The Morgan fingerprint density at radius 2 is 1.75 bits per heavy atom. The Hall–Kier alpha value is -2.74. The van der Waals surface area contributed by atoms with Crippen LogP contribution in [-0.4, -0.2) is 59.4 Å². The molecule has 0 radical (unpaired) electrons. The molecule has 2 aliphatic heterocycles. The maximum Gasteiger partial charge on any atom is 0.277 e. The predicted octanol–water partition coefficient (Wildman–Crippen LogP) is 1.03. The summed E-state index contributed by atoms with van der Waals surface area (Å²) in [5, 5.41) is 10.8. The highest BCUT2D eigenvalue weighted by Crippen LogP contribution is 2.32. The summed E-state index contributed by atoms with van der Waals surface area (Å²) in [7, 11) is 0. The topological polar surface area (TPSA) is 93.0 Å². The molecule has 8 heteroatoms. The molecule has 2 heterocycles. The summed E-state index contributed by atoms with van der Waals surface area (Å²) in [6.07, 6.45) is 0. The molecule has 1 aromatic carbocycles. The van der Waals surface area contributed by atoms with Crippen LogP contribution >= 0.6 is 0 Å². The summed E-state index contributed by atoms with van der Waals surface area (Å²) in [4.78, 5) is 38.7. The Morgan fingerprint density at radius 1 is 1.12 bits per heavy atom. The first-order valence-electron chi connectivity index (χ1n) is 7.72. The molecule has 2 amide bonds. The van der Waals surface area contributed by atoms with Crippen molar-refractivity contribution in [3.8, 4) is 0 Å². The molecule has 24 heavy (non-hydrogen) atoms. The van der Waals surface area contributed by atoms with Gasteiger partial charge in [0.05, 0.1) is 23.7 Å². The Kier molecular flexibility index (Phi) is 4.30. The lowest BCUT2D eigenvalue weighted by Crippen LogP contribution is -2.40. The fourth-order valence-electron chi connectivity index (χ4n) is 2.94. The Bertz CT molecular complexity index is 720. The molecule has 1 fully saturated rings. The molecular formula is C16H17N3O5. The average Bonchev–Trinajstić information content (AvgIpc) is 2.85. The van der Waals surface area contributed by atoms with Gasteiger partial charge in [-0.1, -0.05) is 0 Å². The second-order valence-electron chi connectivity index (χ2n) is 5.48. The number of hydrogen-bond donors (Lipinski definition) is 0. The van der Waals surface area contributed by atoms with Crippen LogP contribution < -0.4 is 0 Å². The van der Waals surface area contributed by atoms with Crippen LogP contribution in [-0.2, 0) is 14.3 Å². The first kappa shape index (κ1) is 16.1. The third kappa shape index (κ3) is 2.65. The van der Waals surface area contributed by atoms with E-state index in [-0.39, 0.29) is 24.0 Å². The standard InChI is InChI=1S/C16H17N3O5/c1-2-18-15(20)13(11-3-5-12(6-4-11)19(22)23)14(16(18)21)17-7-9-24-10-8-17/h3-6H,2,7-10H2,1H3. The van der Waals surface area contributed by atoms with Gasteiger partial charge in [0.25, 0.3) is 17.5 Å². The molecular weight excluding hydrogens is 314 g/mol. The number of nitrogens with zero attached hydrogens (tertiary/aromatic N) is 3. The van der Waals surface area contributed by atoms with E-state index >= 15 is 0 Å².